The number of amides is 1. The molecule has 1 aromatic heterocycles. The molecule has 7 heteroatoms. The van der Waals surface area contributed by atoms with Crippen molar-refractivity contribution in [2.24, 2.45) is 0 Å². The van der Waals surface area contributed by atoms with Crippen LogP contribution in [0.2, 0.25) is 0 Å². The van der Waals surface area contributed by atoms with Crippen LogP contribution in [-0.4, -0.2) is 47.0 Å². The van der Waals surface area contributed by atoms with Crippen LogP contribution in [0.4, 0.5) is 11.6 Å². The maximum Gasteiger partial charge on any atom is 0.260 e. The summed E-state index contributed by atoms with van der Waals surface area (Å²) in [5.74, 6) is 2.14. The van der Waals surface area contributed by atoms with Crippen molar-refractivity contribution in [1.29, 1.82) is 0 Å². The fraction of sp³-hybridized carbons (Fsp3) is 0.179. The largest absolute Gasteiger partial charge is 0.457 e. The van der Waals surface area contributed by atoms with Crippen LogP contribution in [0.25, 0.3) is 0 Å². The predicted molar refractivity (Wildman–Crippen MR) is 137 cm³/mol. The van der Waals surface area contributed by atoms with Crippen molar-refractivity contribution in [1.82, 2.24) is 14.9 Å². The molecule has 0 spiro atoms. The maximum absolute atomic E-state index is 13.1. The number of para-hydroxylation sites is 2. The van der Waals surface area contributed by atoms with Crippen LogP contribution in [0.15, 0.2) is 97.3 Å². The second-order valence-corrected chi connectivity index (χ2v) is 8.38. The molecule has 5 rings (SSSR count). The molecule has 1 fully saturated rings. The highest BCUT2D eigenvalue weighted by Gasteiger charge is 2.19. The van der Waals surface area contributed by atoms with Crippen molar-refractivity contribution in [2.75, 3.05) is 36.4 Å². The second-order valence-electron chi connectivity index (χ2n) is 8.38. The first kappa shape index (κ1) is 22.6. The van der Waals surface area contributed by atoms with Crippen molar-refractivity contribution in [2.45, 2.75) is 6.54 Å². The van der Waals surface area contributed by atoms with Gasteiger partial charge in [0.25, 0.3) is 5.91 Å². The van der Waals surface area contributed by atoms with Gasteiger partial charge in [-0.2, -0.15) is 0 Å². The van der Waals surface area contributed by atoms with Crippen molar-refractivity contribution in [3.05, 3.63) is 108 Å². The quantitative estimate of drug-likeness (QED) is 0.421. The zero-order chi connectivity index (χ0) is 23.9. The average Bonchev–Trinajstić information content (AvgIpc) is 2.91. The van der Waals surface area contributed by atoms with E-state index in [0.29, 0.717) is 22.9 Å². The molecule has 1 N–H and O–H groups in total. The van der Waals surface area contributed by atoms with E-state index in [-0.39, 0.29) is 5.91 Å². The van der Waals surface area contributed by atoms with Crippen LogP contribution in [-0.2, 0) is 6.54 Å². The van der Waals surface area contributed by atoms with Crippen LogP contribution < -0.4 is 15.0 Å². The lowest BCUT2D eigenvalue weighted by atomic mass is 10.2. The molecule has 0 bridgehead atoms. The number of carbonyl (C=O) groups excluding carboxylic acids is 1. The number of nitrogens with one attached hydrogen (secondary N) is 1. The van der Waals surface area contributed by atoms with Crippen molar-refractivity contribution >= 4 is 17.5 Å². The molecule has 1 aliphatic rings. The van der Waals surface area contributed by atoms with Gasteiger partial charge in [-0.05, 0) is 29.8 Å². The molecule has 176 valence electrons. The maximum atomic E-state index is 13.1. The zero-order valence-electron chi connectivity index (χ0n) is 19.4. The summed E-state index contributed by atoms with van der Waals surface area (Å²) in [6.07, 6.45) is 1.49. The van der Waals surface area contributed by atoms with Crippen LogP contribution in [0, 0.1) is 0 Å². The number of anilines is 2. The predicted octanol–water partition coefficient (Wildman–Crippen LogP) is 4.84. The summed E-state index contributed by atoms with van der Waals surface area (Å²) in [5, 5.41) is 2.90. The molecule has 0 radical (unpaired) electrons. The second kappa shape index (κ2) is 10.8. The van der Waals surface area contributed by atoms with Gasteiger partial charge in [-0.3, -0.25) is 9.69 Å². The highest BCUT2D eigenvalue weighted by molar-refractivity contribution is 6.05. The SMILES string of the molecule is O=C(Nc1cc(N2CCN(Cc3ccccc3)CC2)ncn1)c1ccccc1Oc1ccccc1. The summed E-state index contributed by atoms with van der Waals surface area (Å²) in [7, 11) is 0. The van der Waals surface area contributed by atoms with Gasteiger partial charge >= 0.3 is 0 Å². The van der Waals surface area contributed by atoms with Gasteiger partial charge in [0.1, 0.15) is 29.5 Å². The number of aromatic nitrogens is 2. The van der Waals surface area contributed by atoms with E-state index in [4.69, 9.17) is 4.74 Å². The van der Waals surface area contributed by atoms with E-state index in [1.807, 2.05) is 54.6 Å². The van der Waals surface area contributed by atoms with Gasteiger partial charge in [0.15, 0.2) is 0 Å². The van der Waals surface area contributed by atoms with E-state index in [1.54, 1.807) is 12.1 Å². The molecule has 1 aliphatic heterocycles. The minimum atomic E-state index is -0.283. The Morgan fingerprint density at radius 2 is 1.51 bits per heavy atom. The first-order valence-electron chi connectivity index (χ1n) is 11.7. The standard InChI is InChI=1S/C28H27N5O2/c34-28(24-13-7-8-14-25(24)35-23-11-5-2-6-12-23)31-26-19-27(30-21-29-26)33-17-15-32(16-18-33)20-22-9-3-1-4-10-22/h1-14,19,21H,15-18,20H2,(H,29,30,31,34). The minimum absolute atomic E-state index is 0.283. The molecule has 0 unspecified atom stereocenters. The highest BCUT2D eigenvalue weighted by atomic mass is 16.5. The minimum Gasteiger partial charge on any atom is -0.457 e. The fourth-order valence-electron chi connectivity index (χ4n) is 4.11. The Kier molecular flexibility index (Phi) is 6.96. The summed E-state index contributed by atoms with van der Waals surface area (Å²) >= 11 is 0. The normalized spacial score (nSPS) is 13.9. The summed E-state index contributed by atoms with van der Waals surface area (Å²) < 4.78 is 5.93. The Labute approximate surface area is 205 Å². The summed E-state index contributed by atoms with van der Waals surface area (Å²) in [5.41, 5.74) is 1.76. The zero-order valence-corrected chi connectivity index (χ0v) is 19.4. The van der Waals surface area contributed by atoms with Crippen LogP contribution in [0.1, 0.15) is 15.9 Å². The lowest BCUT2D eigenvalue weighted by Gasteiger charge is -2.35. The van der Waals surface area contributed by atoms with Gasteiger partial charge in [0, 0.05) is 38.8 Å². The first-order chi connectivity index (χ1) is 17.2. The number of benzene rings is 3. The lowest BCUT2D eigenvalue weighted by molar-refractivity contribution is 0.102. The monoisotopic (exact) mass is 465 g/mol. The topological polar surface area (TPSA) is 70.6 Å². The summed E-state index contributed by atoms with van der Waals surface area (Å²) in [4.78, 5) is 26.4. The fourth-order valence-corrected chi connectivity index (χ4v) is 4.11. The van der Waals surface area contributed by atoms with Crippen molar-refractivity contribution in [3.8, 4) is 11.5 Å². The van der Waals surface area contributed by atoms with Gasteiger partial charge in [0.05, 0.1) is 5.56 Å². The van der Waals surface area contributed by atoms with Crippen LogP contribution in [0.5, 0.6) is 11.5 Å². The van der Waals surface area contributed by atoms with Gasteiger partial charge in [-0.15, -0.1) is 0 Å². The smallest absolute Gasteiger partial charge is 0.260 e. The summed E-state index contributed by atoms with van der Waals surface area (Å²) in [6.45, 7) is 4.58. The number of hydrogen-bond acceptors (Lipinski definition) is 6. The van der Waals surface area contributed by atoms with E-state index < -0.39 is 0 Å². The van der Waals surface area contributed by atoms with Crippen molar-refractivity contribution < 1.29 is 9.53 Å². The Hall–Kier alpha value is -4.23. The third-order valence-corrected chi connectivity index (χ3v) is 5.94. The molecule has 4 aromatic rings. The highest BCUT2D eigenvalue weighted by Crippen LogP contribution is 2.26. The van der Waals surface area contributed by atoms with Gasteiger partial charge in [0.2, 0.25) is 0 Å². The molecule has 1 saturated heterocycles. The number of hydrogen-bond donors (Lipinski definition) is 1. The molecule has 3 aromatic carbocycles. The number of piperazine rings is 1. The van der Waals surface area contributed by atoms with Crippen LogP contribution >= 0.6 is 0 Å². The first-order valence-corrected chi connectivity index (χ1v) is 11.7. The molecule has 2 heterocycles. The lowest BCUT2D eigenvalue weighted by Crippen LogP contribution is -2.46. The molecule has 1 amide bonds. The molecule has 35 heavy (non-hydrogen) atoms. The molecular formula is C28H27N5O2. The number of rotatable bonds is 7. The third-order valence-electron chi connectivity index (χ3n) is 5.94. The van der Waals surface area contributed by atoms with E-state index in [1.165, 1.54) is 11.9 Å². The molecule has 7 nitrogen and oxygen atoms in total. The Morgan fingerprint density at radius 3 is 2.29 bits per heavy atom. The Balaban J connectivity index is 1.22. The molecule has 0 saturated carbocycles. The van der Waals surface area contributed by atoms with E-state index >= 15 is 0 Å². The average molecular weight is 466 g/mol. The molecular weight excluding hydrogens is 438 g/mol. The summed E-state index contributed by atoms with van der Waals surface area (Å²) in [6, 6.07) is 28.9. The number of ether oxygens (including phenoxy) is 1. The van der Waals surface area contributed by atoms with Crippen molar-refractivity contribution in [3.63, 3.8) is 0 Å². The van der Waals surface area contributed by atoms with E-state index in [9.17, 15) is 4.79 Å². The van der Waals surface area contributed by atoms with E-state index in [0.717, 1.165) is 38.5 Å². The van der Waals surface area contributed by atoms with Crippen LogP contribution in [0.3, 0.4) is 0 Å². The third kappa shape index (κ3) is 5.83. The van der Waals surface area contributed by atoms with E-state index in [2.05, 4.69) is 49.4 Å². The number of nitrogens with zero attached hydrogens (tertiary/aromatic N) is 4. The Bertz CT molecular complexity index is 1260. The number of carbonyl (C=O) groups is 1. The molecule has 0 atom stereocenters. The Morgan fingerprint density at radius 1 is 0.829 bits per heavy atom. The van der Waals surface area contributed by atoms with Gasteiger partial charge in [-0.25, -0.2) is 9.97 Å². The van der Waals surface area contributed by atoms with Gasteiger partial charge < -0.3 is 15.0 Å². The molecule has 0 aliphatic carbocycles. The van der Waals surface area contributed by atoms with Gasteiger partial charge in [-0.1, -0.05) is 60.7 Å².